The van der Waals surface area contributed by atoms with Crippen molar-refractivity contribution in [3.63, 3.8) is 0 Å². The first kappa shape index (κ1) is 18.3. The number of morpholine rings is 1. The Morgan fingerprint density at radius 3 is 2.59 bits per heavy atom. The Labute approximate surface area is 160 Å². The van der Waals surface area contributed by atoms with Gasteiger partial charge in [-0.05, 0) is 28.8 Å². The summed E-state index contributed by atoms with van der Waals surface area (Å²) in [5.41, 5.74) is 0.659. The molecule has 2 aliphatic rings. The molecule has 2 aliphatic heterocycles. The first-order chi connectivity index (χ1) is 13.1. The van der Waals surface area contributed by atoms with Crippen LogP contribution < -0.4 is 4.74 Å². The summed E-state index contributed by atoms with van der Waals surface area (Å²) in [6, 6.07) is 12.6. The molecule has 27 heavy (non-hydrogen) atoms. The summed E-state index contributed by atoms with van der Waals surface area (Å²) in [6.45, 7) is 9.75. The third-order valence-electron chi connectivity index (χ3n) is 5.24. The van der Waals surface area contributed by atoms with E-state index in [2.05, 4.69) is 24.8 Å². The largest absolute Gasteiger partial charge is 0.491 e. The lowest BCUT2D eigenvalue weighted by Crippen LogP contribution is -2.40. The lowest BCUT2D eigenvalue weighted by Gasteiger charge is -2.27. The Morgan fingerprint density at radius 2 is 1.89 bits per heavy atom. The molecule has 1 amide bonds. The zero-order valence-electron chi connectivity index (χ0n) is 16.2. The number of fused-ring (bicyclic) bond motifs is 1. The van der Waals surface area contributed by atoms with E-state index in [9.17, 15) is 4.79 Å². The van der Waals surface area contributed by atoms with Crippen LogP contribution in [-0.4, -0.2) is 67.7 Å². The van der Waals surface area contributed by atoms with E-state index in [1.54, 1.807) is 0 Å². The normalized spacial score (nSPS) is 22.3. The molecule has 0 spiro atoms. The van der Waals surface area contributed by atoms with Crippen molar-refractivity contribution < 1.29 is 14.3 Å². The van der Waals surface area contributed by atoms with Crippen LogP contribution in [0.3, 0.4) is 0 Å². The molecule has 0 N–H and O–H groups in total. The second-order valence-electron chi connectivity index (χ2n) is 7.91. The van der Waals surface area contributed by atoms with Crippen LogP contribution in [0.1, 0.15) is 24.2 Å². The summed E-state index contributed by atoms with van der Waals surface area (Å²) in [6.07, 6.45) is 0. The smallest absolute Gasteiger partial charge is 0.257 e. The molecule has 5 nitrogen and oxygen atoms in total. The van der Waals surface area contributed by atoms with Crippen molar-refractivity contribution in [1.82, 2.24) is 9.80 Å². The Balaban J connectivity index is 1.55. The third kappa shape index (κ3) is 4.25. The summed E-state index contributed by atoms with van der Waals surface area (Å²) in [4.78, 5) is 17.4. The van der Waals surface area contributed by atoms with Crippen LogP contribution >= 0.6 is 0 Å². The van der Waals surface area contributed by atoms with Crippen LogP contribution in [0.2, 0.25) is 0 Å². The highest BCUT2D eigenvalue weighted by molar-refractivity contribution is 6.01. The molecule has 0 saturated carbocycles. The number of carbonyl (C=O) groups excluding carboxylic acids is 1. The SMILES string of the molecule is CC(C)CN1CC1COc1cc2ccccc2cc1C(=O)N1CCOCC1. The fourth-order valence-electron chi connectivity index (χ4n) is 3.70. The molecule has 2 heterocycles. The van der Waals surface area contributed by atoms with Crippen LogP contribution in [0, 0.1) is 5.92 Å². The molecule has 2 saturated heterocycles. The summed E-state index contributed by atoms with van der Waals surface area (Å²) < 4.78 is 11.6. The average molecular weight is 368 g/mol. The number of hydrogen-bond donors (Lipinski definition) is 0. The molecule has 2 aromatic carbocycles. The number of ether oxygens (including phenoxy) is 2. The number of rotatable bonds is 6. The molecule has 0 aliphatic carbocycles. The zero-order valence-corrected chi connectivity index (χ0v) is 16.2. The van der Waals surface area contributed by atoms with E-state index in [4.69, 9.17) is 9.47 Å². The maximum atomic E-state index is 13.1. The monoisotopic (exact) mass is 368 g/mol. The molecule has 0 bridgehead atoms. The molecule has 4 rings (SSSR count). The quantitative estimate of drug-likeness (QED) is 0.735. The highest BCUT2D eigenvalue weighted by Crippen LogP contribution is 2.29. The van der Waals surface area contributed by atoms with Crippen LogP contribution in [0.25, 0.3) is 10.8 Å². The van der Waals surface area contributed by atoms with E-state index in [1.807, 2.05) is 35.2 Å². The van der Waals surface area contributed by atoms with Gasteiger partial charge in [0, 0.05) is 26.2 Å². The van der Waals surface area contributed by atoms with Gasteiger partial charge in [0.15, 0.2) is 0 Å². The van der Waals surface area contributed by atoms with E-state index < -0.39 is 0 Å². The summed E-state index contributed by atoms with van der Waals surface area (Å²) >= 11 is 0. The van der Waals surface area contributed by atoms with Gasteiger partial charge in [-0.15, -0.1) is 0 Å². The minimum atomic E-state index is 0.0360. The van der Waals surface area contributed by atoms with Gasteiger partial charge in [0.05, 0.1) is 24.8 Å². The highest BCUT2D eigenvalue weighted by atomic mass is 16.5. The van der Waals surface area contributed by atoms with Crippen molar-refractivity contribution >= 4 is 16.7 Å². The van der Waals surface area contributed by atoms with Crippen LogP contribution in [-0.2, 0) is 4.74 Å². The Morgan fingerprint density at radius 1 is 1.19 bits per heavy atom. The summed E-state index contributed by atoms with van der Waals surface area (Å²) in [5.74, 6) is 1.39. The van der Waals surface area contributed by atoms with Gasteiger partial charge in [-0.25, -0.2) is 0 Å². The van der Waals surface area contributed by atoms with Gasteiger partial charge in [0.2, 0.25) is 0 Å². The number of carbonyl (C=O) groups is 1. The third-order valence-corrected chi connectivity index (χ3v) is 5.24. The van der Waals surface area contributed by atoms with Crippen molar-refractivity contribution in [3.8, 4) is 5.75 Å². The van der Waals surface area contributed by atoms with E-state index in [0.29, 0.717) is 56.2 Å². The van der Waals surface area contributed by atoms with Gasteiger partial charge in [-0.2, -0.15) is 0 Å². The topological polar surface area (TPSA) is 41.8 Å². The molecule has 144 valence electrons. The molecule has 0 radical (unpaired) electrons. The molecule has 0 aromatic heterocycles. The first-order valence-corrected chi connectivity index (χ1v) is 9.88. The van der Waals surface area contributed by atoms with Gasteiger partial charge in [0.25, 0.3) is 5.91 Å². The van der Waals surface area contributed by atoms with Crippen molar-refractivity contribution in [1.29, 1.82) is 0 Å². The van der Waals surface area contributed by atoms with Crippen LogP contribution in [0.15, 0.2) is 36.4 Å². The minimum absolute atomic E-state index is 0.0360. The van der Waals surface area contributed by atoms with E-state index in [-0.39, 0.29) is 5.91 Å². The summed E-state index contributed by atoms with van der Waals surface area (Å²) in [5, 5.41) is 2.16. The van der Waals surface area contributed by atoms with Crippen LogP contribution in [0.4, 0.5) is 0 Å². The second-order valence-corrected chi connectivity index (χ2v) is 7.91. The number of nitrogens with zero attached hydrogens (tertiary/aromatic N) is 2. The molecule has 5 heteroatoms. The Hall–Kier alpha value is -2.11. The Bertz CT molecular complexity index is 814. The van der Waals surface area contributed by atoms with Crippen molar-refractivity contribution in [2.45, 2.75) is 19.9 Å². The standard InChI is InChI=1S/C22H28N2O3/c1-16(2)13-24-14-19(24)15-27-21-12-18-6-4-3-5-17(18)11-20(21)22(25)23-7-9-26-10-8-23/h3-6,11-12,16,19H,7-10,13-15H2,1-2H3. The second kappa shape index (κ2) is 7.87. The fraction of sp³-hybridized carbons (Fsp3) is 0.500. The van der Waals surface area contributed by atoms with Gasteiger partial charge in [0.1, 0.15) is 12.4 Å². The highest BCUT2D eigenvalue weighted by Gasteiger charge is 2.35. The average Bonchev–Trinajstić information content (AvgIpc) is 3.42. The zero-order chi connectivity index (χ0) is 18.8. The lowest BCUT2D eigenvalue weighted by molar-refractivity contribution is 0.0300. The van der Waals surface area contributed by atoms with Crippen molar-refractivity contribution in [2.24, 2.45) is 5.92 Å². The van der Waals surface area contributed by atoms with Crippen molar-refractivity contribution in [3.05, 3.63) is 42.0 Å². The predicted octanol–water partition coefficient (Wildman–Crippen LogP) is 3.03. The maximum Gasteiger partial charge on any atom is 0.257 e. The van der Waals surface area contributed by atoms with Crippen LogP contribution in [0.5, 0.6) is 5.75 Å². The van der Waals surface area contributed by atoms with Crippen molar-refractivity contribution in [2.75, 3.05) is 46.0 Å². The molecule has 2 atom stereocenters. The van der Waals surface area contributed by atoms with Gasteiger partial charge in [-0.1, -0.05) is 38.1 Å². The predicted molar refractivity (Wildman–Crippen MR) is 106 cm³/mol. The molecular weight excluding hydrogens is 340 g/mol. The molecule has 2 aromatic rings. The van der Waals surface area contributed by atoms with Gasteiger partial charge < -0.3 is 14.4 Å². The van der Waals surface area contributed by atoms with E-state index in [1.165, 1.54) is 0 Å². The lowest BCUT2D eigenvalue weighted by atomic mass is 10.0. The maximum absolute atomic E-state index is 13.1. The minimum Gasteiger partial charge on any atom is -0.491 e. The van der Waals surface area contributed by atoms with E-state index >= 15 is 0 Å². The fourth-order valence-corrected chi connectivity index (χ4v) is 3.70. The van der Waals surface area contributed by atoms with Gasteiger partial charge in [-0.3, -0.25) is 9.69 Å². The van der Waals surface area contributed by atoms with E-state index in [0.717, 1.165) is 23.9 Å². The molecule has 2 unspecified atom stereocenters. The van der Waals surface area contributed by atoms with Gasteiger partial charge >= 0.3 is 0 Å². The number of hydrogen-bond acceptors (Lipinski definition) is 4. The number of benzene rings is 2. The number of amides is 1. The summed E-state index contributed by atoms with van der Waals surface area (Å²) in [7, 11) is 0. The molecular formula is C22H28N2O3. The Kier molecular flexibility index (Phi) is 5.32. The molecule has 2 fully saturated rings. The first-order valence-electron chi connectivity index (χ1n) is 9.88.